The van der Waals surface area contributed by atoms with E-state index < -0.39 is 0 Å². The van der Waals surface area contributed by atoms with Crippen LogP contribution < -0.4 is 5.09 Å². The minimum absolute atomic E-state index is 0.438. The predicted octanol–water partition coefficient (Wildman–Crippen LogP) is 10.0. The van der Waals surface area contributed by atoms with Crippen molar-refractivity contribution in [2.45, 2.75) is 39.0 Å². The Labute approximate surface area is 241 Å². The van der Waals surface area contributed by atoms with E-state index in [-0.39, 0.29) is 0 Å². The minimum atomic E-state index is 0.438. The van der Waals surface area contributed by atoms with Crippen LogP contribution in [0.25, 0.3) is 17.2 Å². The van der Waals surface area contributed by atoms with Gasteiger partial charge in [0.2, 0.25) is 0 Å². The Kier molecular flexibility index (Phi) is 10.1. The first-order valence-corrected chi connectivity index (χ1v) is 17.2. The summed E-state index contributed by atoms with van der Waals surface area (Å²) in [6, 6.07) is 25.7. The first-order valence-electron chi connectivity index (χ1n) is 13.1. The normalized spacial score (nSPS) is 14.2. The number of rotatable bonds is 11. The van der Waals surface area contributed by atoms with E-state index >= 15 is 0 Å². The zero-order chi connectivity index (χ0) is 26.9. The van der Waals surface area contributed by atoms with Crippen molar-refractivity contribution in [1.82, 2.24) is 0 Å². The van der Waals surface area contributed by atoms with Gasteiger partial charge in [0, 0.05) is 29.4 Å². The number of nitrogens with one attached hydrogen (secondary N) is 2. The summed E-state index contributed by atoms with van der Waals surface area (Å²) in [7, 11) is 0. The van der Waals surface area contributed by atoms with Crippen LogP contribution in [0.3, 0.4) is 0 Å². The molecule has 38 heavy (non-hydrogen) atoms. The van der Waals surface area contributed by atoms with E-state index in [4.69, 9.17) is 5.41 Å². The number of nitrogens with zero attached hydrogens (tertiary/aromatic N) is 1. The van der Waals surface area contributed by atoms with Crippen LogP contribution in [0.2, 0.25) is 0 Å². The molecule has 2 N–H and O–H groups in total. The summed E-state index contributed by atoms with van der Waals surface area (Å²) in [6.45, 7) is 6.31. The molecule has 0 bridgehead atoms. The molecule has 4 rings (SSSR count). The zero-order valence-electron chi connectivity index (χ0n) is 21.7. The average molecular weight is 630 g/mol. The largest absolute Gasteiger partial charge is 0.358 e. The molecule has 0 aromatic heterocycles. The summed E-state index contributed by atoms with van der Waals surface area (Å²) in [5, 5.41) is 21.8. The molecule has 1 aliphatic carbocycles. The highest BCUT2D eigenvalue weighted by Gasteiger charge is 2.28. The Balaban J connectivity index is 1.95. The quantitative estimate of drug-likeness (QED) is 0.0729. The lowest BCUT2D eigenvalue weighted by atomic mass is 9.72. The molecule has 1 aliphatic rings. The lowest BCUT2D eigenvalue weighted by Crippen LogP contribution is -2.15. The van der Waals surface area contributed by atoms with Crippen LogP contribution in [0.15, 0.2) is 85.0 Å². The number of benzene rings is 3. The topological polar surface area (TPSA) is 59.7 Å². The summed E-state index contributed by atoms with van der Waals surface area (Å²) >= 11 is 2.28. The summed E-state index contributed by atoms with van der Waals surface area (Å²) in [4.78, 5) is 0. The van der Waals surface area contributed by atoms with Gasteiger partial charge in [0.05, 0.1) is 5.56 Å². The number of hydrogen-bond acceptors (Lipinski definition) is 3. The molecular weight excluding hydrogens is 596 g/mol. The molecule has 0 radical (unpaired) electrons. The van der Waals surface area contributed by atoms with Gasteiger partial charge in [0.1, 0.15) is 6.07 Å². The van der Waals surface area contributed by atoms with E-state index in [1.54, 1.807) is 0 Å². The number of nitriles is 1. The molecule has 3 aromatic carbocycles. The van der Waals surface area contributed by atoms with Crippen molar-refractivity contribution in [2.24, 2.45) is 5.92 Å². The molecule has 0 amide bonds. The van der Waals surface area contributed by atoms with E-state index in [9.17, 15) is 5.26 Å². The smallest absolute Gasteiger partial charge is 0.101 e. The van der Waals surface area contributed by atoms with Gasteiger partial charge in [-0.25, -0.2) is 0 Å². The standard InChI is InChI=1S/C33H33IN3P/c1-3-8-23(2)13-14-24-15-17-27(18-16-24)33(32(26-11-7-12-26)25-9-5-4-6-10-25)28-19-20-31(37-38-34)30(22-36)29(28)21-35/h4-6,9-10,13-20,22,26,36-38H,2-3,7-8,11-12H2,1H3/b14-13+,33-32-,36-22?. The van der Waals surface area contributed by atoms with Crippen LogP contribution in [-0.4, -0.2) is 6.21 Å². The van der Waals surface area contributed by atoms with Crippen molar-refractivity contribution in [3.63, 3.8) is 0 Å². The minimum Gasteiger partial charge on any atom is -0.358 e. The SMILES string of the molecule is C=C(/C=C/c1ccc(/C(=C(\c2ccccc2)C2CCC2)c2ccc(NPI)c(C=N)c2C#N)cc1)CCC. The fourth-order valence-corrected chi connectivity index (χ4v) is 6.18. The van der Waals surface area contributed by atoms with Gasteiger partial charge in [-0.15, -0.1) is 0 Å². The molecule has 1 saturated carbocycles. The van der Waals surface area contributed by atoms with Gasteiger partial charge in [-0.3, -0.25) is 0 Å². The molecule has 192 valence electrons. The molecule has 0 aliphatic heterocycles. The third-order valence-corrected chi connectivity index (χ3v) is 8.28. The molecule has 1 unspecified atom stereocenters. The Bertz CT molecular complexity index is 1390. The summed E-state index contributed by atoms with van der Waals surface area (Å²) in [6.07, 6.45) is 11.6. The molecule has 1 fully saturated rings. The van der Waals surface area contributed by atoms with E-state index in [2.05, 4.69) is 113 Å². The van der Waals surface area contributed by atoms with Crippen molar-refractivity contribution >= 4 is 57.5 Å². The maximum absolute atomic E-state index is 10.4. The van der Waals surface area contributed by atoms with Gasteiger partial charge < -0.3 is 10.5 Å². The molecule has 3 nitrogen and oxygen atoms in total. The molecule has 0 spiro atoms. The summed E-state index contributed by atoms with van der Waals surface area (Å²) in [5.74, 6) is 0.438. The third-order valence-electron chi connectivity index (χ3n) is 7.10. The Morgan fingerprint density at radius 3 is 2.42 bits per heavy atom. The Hall–Kier alpha value is -3.00. The lowest BCUT2D eigenvalue weighted by Gasteiger charge is -2.32. The average Bonchev–Trinajstić information content (AvgIpc) is 2.92. The zero-order valence-corrected chi connectivity index (χ0v) is 24.9. The predicted molar refractivity (Wildman–Crippen MR) is 174 cm³/mol. The van der Waals surface area contributed by atoms with Crippen molar-refractivity contribution in [2.75, 3.05) is 5.09 Å². The highest BCUT2D eigenvalue weighted by Crippen LogP contribution is 2.46. The second-order valence-electron chi connectivity index (χ2n) is 9.57. The van der Waals surface area contributed by atoms with Crippen LogP contribution in [-0.2, 0) is 0 Å². The number of halogens is 1. The highest BCUT2D eigenvalue weighted by molar-refractivity contribution is 14.2. The number of anilines is 1. The van der Waals surface area contributed by atoms with Crippen LogP contribution in [0.1, 0.15) is 72.4 Å². The second-order valence-corrected chi connectivity index (χ2v) is 11.6. The second kappa shape index (κ2) is 13.7. The van der Waals surface area contributed by atoms with Crippen molar-refractivity contribution < 1.29 is 0 Å². The first-order chi connectivity index (χ1) is 18.6. The maximum atomic E-state index is 10.4. The van der Waals surface area contributed by atoms with E-state index in [1.165, 1.54) is 23.8 Å². The van der Waals surface area contributed by atoms with Gasteiger partial charge in [0.25, 0.3) is 0 Å². The maximum Gasteiger partial charge on any atom is 0.101 e. The van der Waals surface area contributed by atoms with Crippen LogP contribution in [0, 0.1) is 22.7 Å². The first kappa shape index (κ1) is 28.0. The van der Waals surface area contributed by atoms with E-state index in [0.29, 0.717) is 23.4 Å². The number of hydrogen-bond donors (Lipinski definition) is 2. The molecule has 5 heteroatoms. The lowest BCUT2D eigenvalue weighted by molar-refractivity contribution is 0.401. The van der Waals surface area contributed by atoms with E-state index in [1.807, 2.05) is 12.1 Å². The molecule has 1 atom stereocenters. The molecular formula is C33H33IN3P. The van der Waals surface area contributed by atoms with Gasteiger partial charge in [-0.1, -0.05) is 105 Å². The van der Waals surface area contributed by atoms with Crippen molar-refractivity contribution in [1.29, 1.82) is 10.7 Å². The van der Waals surface area contributed by atoms with Crippen LogP contribution in [0.4, 0.5) is 5.69 Å². The Morgan fingerprint density at radius 1 is 1.11 bits per heavy atom. The number of allylic oxidation sites excluding steroid dienone is 3. The molecule has 0 heterocycles. The van der Waals surface area contributed by atoms with Gasteiger partial charge >= 0.3 is 0 Å². The summed E-state index contributed by atoms with van der Waals surface area (Å²) in [5.41, 5.74) is 9.82. The van der Waals surface area contributed by atoms with Crippen LogP contribution in [0.5, 0.6) is 0 Å². The molecule has 0 saturated heterocycles. The molecule has 3 aromatic rings. The monoisotopic (exact) mass is 629 g/mol. The summed E-state index contributed by atoms with van der Waals surface area (Å²) < 4.78 is 0. The third kappa shape index (κ3) is 6.34. The highest BCUT2D eigenvalue weighted by atomic mass is 127. The van der Waals surface area contributed by atoms with Crippen LogP contribution >= 0.6 is 28.4 Å². The van der Waals surface area contributed by atoms with Gasteiger partial charge in [-0.05, 0) is 81.1 Å². The van der Waals surface area contributed by atoms with E-state index in [0.717, 1.165) is 59.2 Å². The van der Waals surface area contributed by atoms with Gasteiger partial charge in [0.15, 0.2) is 0 Å². The fourth-order valence-electron chi connectivity index (χ4n) is 4.99. The van der Waals surface area contributed by atoms with Gasteiger partial charge in [-0.2, -0.15) is 5.26 Å². The van der Waals surface area contributed by atoms with Crippen molar-refractivity contribution in [3.05, 3.63) is 118 Å². The fraction of sp³-hybridized carbons (Fsp3) is 0.212. The Morgan fingerprint density at radius 2 is 1.84 bits per heavy atom. The van der Waals surface area contributed by atoms with Crippen molar-refractivity contribution in [3.8, 4) is 6.07 Å².